The molecule has 1 aliphatic carbocycles. The van der Waals surface area contributed by atoms with Gasteiger partial charge < -0.3 is 10.4 Å². The molecule has 0 aromatic carbocycles. The first kappa shape index (κ1) is 16.0. The topological polar surface area (TPSA) is 32.3 Å². The smallest absolute Gasteiger partial charge is 0.0667 e. The van der Waals surface area contributed by atoms with Gasteiger partial charge in [-0.15, -0.1) is 0 Å². The molecule has 1 saturated carbocycles. The summed E-state index contributed by atoms with van der Waals surface area (Å²) in [6.07, 6.45) is 7.52. The molecule has 0 bridgehead atoms. The first-order valence-corrected chi connectivity index (χ1v) is 7.84. The van der Waals surface area contributed by atoms with E-state index in [2.05, 4.69) is 33.0 Å². The summed E-state index contributed by atoms with van der Waals surface area (Å²) in [5.74, 6) is 1.28. The van der Waals surface area contributed by atoms with Crippen molar-refractivity contribution in [3.63, 3.8) is 0 Å². The zero-order valence-corrected chi connectivity index (χ0v) is 13.0. The molecular formula is C16H33NO. The van der Waals surface area contributed by atoms with E-state index in [4.69, 9.17) is 0 Å². The fourth-order valence-electron chi connectivity index (χ4n) is 3.21. The summed E-state index contributed by atoms with van der Waals surface area (Å²) in [4.78, 5) is 0. The van der Waals surface area contributed by atoms with Gasteiger partial charge in [0.25, 0.3) is 0 Å². The highest BCUT2D eigenvalue weighted by molar-refractivity contribution is 4.92. The largest absolute Gasteiger partial charge is 0.392 e. The third-order valence-corrected chi connectivity index (χ3v) is 5.06. The Morgan fingerprint density at radius 2 is 1.72 bits per heavy atom. The van der Waals surface area contributed by atoms with Crippen molar-refractivity contribution in [2.75, 3.05) is 0 Å². The molecule has 2 unspecified atom stereocenters. The standard InChI is InChI=1S/C16H33NO/c1-6-12(2)16(4,5)17-15(13(3)18)14-10-8-7-9-11-14/h12-15,17-18H,6-11H2,1-5H3/t12-,13?,15?/m1/s1. The van der Waals surface area contributed by atoms with Crippen molar-refractivity contribution in [1.29, 1.82) is 0 Å². The first-order chi connectivity index (χ1) is 8.38. The average molecular weight is 255 g/mol. The van der Waals surface area contributed by atoms with Crippen molar-refractivity contribution in [2.45, 2.75) is 90.8 Å². The van der Waals surface area contributed by atoms with Gasteiger partial charge in [-0.2, -0.15) is 0 Å². The van der Waals surface area contributed by atoms with Crippen LogP contribution in [0, 0.1) is 11.8 Å². The quantitative estimate of drug-likeness (QED) is 0.758. The van der Waals surface area contributed by atoms with Crippen molar-refractivity contribution >= 4 is 0 Å². The van der Waals surface area contributed by atoms with E-state index in [-0.39, 0.29) is 17.7 Å². The Hall–Kier alpha value is -0.0800. The van der Waals surface area contributed by atoms with Crippen molar-refractivity contribution in [3.8, 4) is 0 Å². The summed E-state index contributed by atoms with van der Waals surface area (Å²) >= 11 is 0. The van der Waals surface area contributed by atoms with Crippen molar-refractivity contribution in [3.05, 3.63) is 0 Å². The molecule has 1 rings (SSSR count). The van der Waals surface area contributed by atoms with Gasteiger partial charge in [-0.25, -0.2) is 0 Å². The number of hydrogen-bond acceptors (Lipinski definition) is 2. The molecule has 0 amide bonds. The summed E-state index contributed by atoms with van der Waals surface area (Å²) in [5.41, 5.74) is 0.105. The second kappa shape index (κ2) is 6.91. The molecule has 0 radical (unpaired) electrons. The number of hydrogen-bond donors (Lipinski definition) is 2. The highest BCUT2D eigenvalue weighted by atomic mass is 16.3. The molecule has 3 atom stereocenters. The van der Waals surface area contributed by atoms with Crippen LogP contribution in [0.15, 0.2) is 0 Å². The molecule has 1 aliphatic rings. The predicted octanol–water partition coefficient (Wildman–Crippen LogP) is 3.73. The van der Waals surface area contributed by atoms with Crippen LogP contribution in [-0.2, 0) is 0 Å². The highest BCUT2D eigenvalue weighted by Crippen LogP contribution is 2.30. The fourth-order valence-corrected chi connectivity index (χ4v) is 3.21. The molecule has 108 valence electrons. The number of aliphatic hydroxyl groups is 1. The van der Waals surface area contributed by atoms with E-state index in [1.54, 1.807) is 0 Å². The van der Waals surface area contributed by atoms with E-state index >= 15 is 0 Å². The van der Waals surface area contributed by atoms with Gasteiger partial charge in [0.1, 0.15) is 0 Å². The van der Waals surface area contributed by atoms with E-state index in [9.17, 15) is 5.11 Å². The van der Waals surface area contributed by atoms with Gasteiger partial charge >= 0.3 is 0 Å². The fraction of sp³-hybridized carbons (Fsp3) is 1.00. The monoisotopic (exact) mass is 255 g/mol. The Balaban J connectivity index is 2.67. The number of nitrogens with one attached hydrogen (secondary N) is 1. The second-order valence-electron chi connectivity index (χ2n) is 6.84. The number of rotatable bonds is 6. The molecule has 0 spiro atoms. The lowest BCUT2D eigenvalue weighted by atomic mass is 9.79. The summed E-state index contributed by atoms with van der Waals surface area (Å²) in [6, 6.07) is 0.259. The lowest BCUT2D eigenvalue weighted by Gasteiger charge is -2.42. The lowest BCUT2D eigenvalue weighted by Crippen LogP contribution is -2.56. The SMILES string of the molecule is CC[C@@H](C)C(C)(C)NC(C(C)O)C1CCCCC1. The Morgan fingerprint density at radius 3 is 2.17 bits per heavy atom. The van der Waals surface area contributed by atoms with E-state index in [1.807, 2.05) is 6.92 Å². The maximum Gasteiger partial charge on any atom is 0.0667 e. The van der Waals surface area contributed by atoms with Crippen LogP contribution >= 0.6 is 0 Å². The summed E-state index contributed by atoms with van der Waals surface area (Å²) < 4.78 is 0. The Bertz CT molecular complexity index is 231. The van der Waals surface area contributed by atoms with Crippen LogP contribution in [-0.4, -0.2) is 22.8 Å². The third kappa shape index (κ3) is 4.24. The minimum Gasteiger partial charge on any atom is -0.392 e. The molecule has 2 heteroatoms. The van der Waals surface area contributed by atoms with Crippen LogP contribution < -0.4 is 5.32 Å². The van der Waals surface area contributed by atoms with E-state index in [0.29, 0.717) is 11.8 Å². The highest BCUT2D eigenvalue weighted by Gasteiger charge is 2.33. The molecule has 2 nitrogen and oxygen atoms in total. The zero-order valence-electron chi connectivity index (χ0n) is 13.0. The van der Waals surface area contributed by atoms with Crippen LogP contribution in [0.3, 0.4) is 0 Å². The molecule has 18 heavy (non-hydrogen) atoms. The summed E-state index contributed by atoms with van der Waals surface area (Å²) in [6.45, 7) is 11.0. The lowest BCUT2D eigenvalue weighted by molar-refractivity contribution is 0.0676. The molecule has 0 aromatic heterocycles. The van der Waals surface area contributed by atoms with Gasteiger partial charge in [0.15, 0.2) is 0 Å². The van der Waals surface area contributed by atoms with Gasteiger partial charge in [0, 0.05) is 11.6 Å². The molecule has 0 aromatic rings. The van der Waals surface area contributed by atoms with Gasteiger partial charge in [-0.05, 0) is 45.4 Å². The molecule has 0 heterocycles. The van der Waals surface area contributed by atoms with Crippen LogP contribution in [0.2, 0.25) is 0 Å². The minimum absolute atomic E-state index is 0.105. The maximum atomic E-state index is 10.1. The van der Waals surface area contributed by atoms with Crippen molar-refractivity contribution < 1.29 is 5.11 Å². The molecule has 0 aliphatic heterocycles. The van der Waals surface area contributed by atoms with Crippen LogP contribution in [0.25, 0.3) is 0 Å². The minimum atomic E-state index is -0.253. The molecule has 0 saturated heterocycles. The Kier molecular flexibility index (Phi) is 6.13. The second-order valence-corrected chi connectivity index (χ2v) is 6.84. The number of aliphatic hydroxyl groups excluding tert-OH is 1. The Morgan fingerprint density at radius 1 is 1.17 bits per heavy atom. The van der Waals surface area contributed by atoms with Crippen molar-refractivity contribution in [2.24, 2.45) is 11.8 Å². The maximum absolute atomic E-state index is 10.1. The van der Waals surface area contributed by atoms with E-state index < -0.39 is 0 Å². The average Bonchev–Trinajstić information content (AvgIpc) is 2.35. The van der Waals surface area contributed by atoms with E-state index in [0.717, 1.165) is 0 Å². The molecular weight excluding hydrogens is 222 g/mol. The molecule has 1 fully saturated rings. The summed E-state index contributed by atoms with van der Waals surface area (Å²) in [5, 5.41) is 13.9. The summed E-state index contributed by atoms with van der Waals surface area (Å²) in [7, 11) is 0. The zero-order chi connectivity index (χ0) is 13.8. The van der Waals surface area contributed by atoms with Crippen LogP contribution in [0.1, 0.15) is 73.1 Å². The molecule has 2 N–H and O–H groups in total. The van der Waals surface area contributed by atoms with E-state index in [1.165, 1.54) is 38.5 Å². The third-order valence-electron chi connectivity index (χ3n) is 5.06. The van der Waals surface area contributed by atoms with Gasteiger partial charge in [0.05, 0.1) is 6.10 Å². The van der Waals surface area contributed by atoms with Crippen molar-refractivity contribution in [1.82, 2.24) is 5.32 Å². The normalized spacial score (nSPS) is 23.7. The predicted molar refractivity (Wildman–Crippen MR) is 78.7 cm³/mol. The van der Waals surface area contributed by atoms with Gasteiger partial charge in [-0.3, -0.25) is 0 Å². The van der Waals surface area contributed by atoms with Gasteiger partial charge in [-0.1, -0.05) is 39.5 Å². The van der Waals surface area contributed by atoms with Gasteiger partial charge in [0.2, 0.25) is 0 Å². The Labute approximate surface area is 114 Å². The van der Waals surface area contributed by atoms with Crippen LogP contribution in [0.5, 0.6) is 0 Å². The first-order valence-electron chi connectivity index (χ1n) is 7.84. The van der Waals surface area contributed by atoms with Crippen LogP contribution in [0.4, 0.5) is 0 Å².